The van der Waals surface area contributed by atoms with Crippen LogP contribution < -0.4 is 15.2 Å². The van der Waals surface area contributed by atoms with Crippen molar-refractivity contribution in [1.82, 2.24) is 0 Å². The number of rotatable bonds is 5. The maximum absolute atomic E-state index is 10.0. The van der Waals surface area contributed by atoms with Gasteiger partial charge in [0, 0.05) is 12.1 Å². The molecule has 0 aliphatic heterocycles. The van der Waals surface area contributed by atoms with Gasteiger partial charge in [-0.15, -0.1) is 0 Å². The maximum Gasteiger partial charge on any atom is 0.168 e. The summed E-state index contributed by atoms with van der Waals surface area (Å²) in [5.41, 5.74) is 6.90. The van der Waals surface area contributed by atoms with Crippen LogP contribution in [-0.4, -0.2) is 25.9 Å². The zero-order valence-corrected chi connectivity index (χ0v) is 11.9. The minimum Gasteiger partial charge on any atom is -0.493 e. The first kappa shape index (κ1) is 15.1. The number of halogens is 1. The van der Waals surface area contributed by atoms with E-state index < -0.39 is 6.10 Å². The third-order valence-corrected chi connectivity index (χ3v) is 3.27. The van der Waals surface area contributed by atoms with E-state index in [-0.39, 0.29) is 12.5 Å². The summed E-state index contributed by atoms with van der Waals surface area (Å²) < 4.78 is 10.6. The van der Waals surface area contributed by atoms with Crippen molar-refractivity contribution >= 4 is 11.6 Å². The zero-order chi connectivity index (χ0) is 13.9. The standard InChI is InChI=1S/C13H20ClNO3/c1-7(2)8-5-10(17-3)13(18-4)11(12(8)14)9(16)6-15/h5,7,9,16H,6,15H2,1-4H3. The Morgan fingerprint density at radius 3 is 2.33 bits per heavy atom. The minimum atomic E-state index is -0.875. The Kier molecular flexibility index (Phi) is 5.26. The molecule has 0 aliphatic carbocycles. The van der Waals surface area contributed by atoms with Crippen LogP contribution >= 0.6 is 11.6 Å². The number of hydrogen-bond donors (Lipinski definition) is 2. The van der Waals surface area contributed by atoms with Gasteiger partial charge in [0.05, 0.1) is 25.3 Å². The summed E-state index contributed by atoms with van der Waals surface area (Å²) in [6.45, 7) is 4.11. The van der Waals surface area contributed by atoms with Gasteiger partial charge in [-0.3, -0.25) is 0 Å². The van der Waals surface area contributed by atoms with Gasteiger partial charge < -0.3 is 20.3 Å². The molecule has 1 rings (SSSR count). The summed E-state index contributed by atoms with van der Waals surface area (Å²) in [6, 6.07) is 1.83. The highest BCUT2D eigenvalue weighted by atomic mass is 35.5. The lowest BCUT2D eigenvalue weighted by Crippen LogP contribution is -2.14. The fourth-order valence-corrected chi connectivity index (χ4v) is 2.34. The maximum atomic E-state index is 10.0. The third-order valence-electron chi connectivity index (χ3n) is 2.85. The quantitative estimate of drug-likeness (QED) is 0.865. The molecule has 1 aromatic carbocycles. The van der Waals surface area contributed by atoms with E-state index in [9.17, 15) is 5.11 Å². The normalized spacial score (nSPS) is 12.7. The highest BCUT2D eigenvalue weighted by Crippen LogP contribution is 2.43. The summed E-state index contributed by atoms with van der Waals surface area (Å²) in [7, 11) is 3.06. The van der Waals surface area contributed by atoms with Gasteiger partial charge in [0.2, 0.25) is 0 Å². The fourth-order valence-electron chi connectivity index (χ4n) is 1.86. The van der Waals surface area contributed by atoms with Crippen LogP contribution in [0.25, 0.3) is 0 Å². The first-order valence-corrected chi connectivity index (χ1v) is 6.18. The van der Waals surface area contributed by atoms with E-state index in [0.717, 1.165) is 5.56 Å². The van der Waals surface area contributed by atoms with Crippen LogP contribution in [-0.2, 0) is 0 Å². The highest BCUT2D eigenvalue weighted by molar-refractivity contribution is 6.32. The fraction of sp³-hybridized carbons (Fsp3) is 0.538. The van der Waals surface area contributed by atoms with E-state index >= 15 is 0 Å². The monoisotopic (exact) mass is 273 g/mol. The largest absolute Gasteiger partial charge is 0.493 e. The number of aliphatic hydroxyl groups excluding tert-OH is 1. The molecule has 0 spiro atoms. The lowest BCUT2D eigenvalue weighted by Gasteiger charge is -2.21. The van der Waals surface area contributed by atoms with Crippen molar-refractivity contribution in [1.29, 1.82) is 0 Å². The van der Waals surface area contributed by atoms with Crippen molar-refractivity contribution in [3.63, 3.8) is 0 Å². The predicted octanol–water partition coefficient (Wildman–Crippen LogP) is 2.47. The first-order chi connectivity index (χ1) is 8.47. The number of ether oxygens (including phenoxy) is 2. The number of methoxy groups -OCH3 is 2. The Balaban J connectivity index is 3.56. The smallest absolute Gasteiger partial charge is 0.168 e. The Morgan fingerprint density at radius 2 is 1.94 bits per heavy atom. The molecular formula is C13H20ClNO3. The Morgan fingerprint density at radius 1 is 1.33 bits per heavy atom. The van der Waals surface area contributed by atoms with Crippen LogP contribution in [0.3, 0.4) is 0 Å². The van der Waals surface area contributed by atoms with Gasteiger partial charge >= 0.3 is 0 Å². The summed E-state index contributed by atoms with van der Waals surface area (Å²) in [4.78, 5) is 0. The second kappa shape index (κ2) is 6.27. The van der Waals surface area contributed by atoms with Crippen LogP contribution in [0, 0.1) is 0 Å². The second-order valence-electron chi connectivity index (χ2n) is 4.34. The minimum absolute atomic E-state index is 0.0702. The molecule has 102 valence electrons. The average Bonchev–Trinajstić information content (AvgIpc) is 2.36. The SMILES string of the molecule is COc1cc(C(C)C)c(Cl)c(C(O)CN)c1OC. The highest BCUT2D eigenvalue weighted by Gasteiger charge is 2.24. The Bertz CT molecular complexity index is 421. The molecule has 18 heavy (non-hydrogen) atoms. The first-order valence-electron chi connectivity index (χ1n) is 5.80. The van der Waals surface area contributed by atoms with Crippen LogP contribution in [0.2, 0.25) is 5.02 Å². The van der Waals surface area contributed by atoms with E-state index in [1.807, 2.05) is 19.9 Å². The molecule has 3 N–H and O–H groups in total. The number of hydrogen-bond acceptors (Lipinski definition) is 4. The third kappa shape index (κ3) is 2.71. The molecule has 1 unspecified atom stereocenters. The van der Waals surface area contributed by atoms with Crippen molar-refractivity contribution in [2.24, 2.45) is 5.73 Å². The molecule has 1 atom stereocenters. The molecule has 0 amide bonds. The molecular weight excluding hydrogens is 254 g/mol. The second-order valence-corrected chi connectivity index (χ2v) is 4.71. The van der Waals surface area contributed by atoms with E-state index in [1.54, 1.807) is 7.11 Å². The molecule has 0 aliphatic rings. The molecule has 0 bridgehead atoms. The van der Waals surface area contributed by atoms with Gasteiger partial charge in [-0.05, 0) is 17.5 Å². The molecule has 0 saturated heterocycles. The topological polar surface area (TPSA) is 64.7 Å². The number of benzene rings is 1. The van der Waals surface area contributed by atoms with E-state index in [0.29, 0.717) is 22.1 Å². The molecule has 0 aromatic heterocycles. The van der Waals surface area contributed by atoms with Crippen LogP contribution in [0.4, 0.5) is 0 Å². The van der Waals surface area contributed by atoms with Gasteiger partial charge in [-0.1, -0.05) is 25.4 Å². The van der Waals surface area contributed by atoms with Gasteiger partial charge in [-0.2, -0.15) is 0 Å². The van der Waals surface area contributed by atoms with E-state index in [1.165, 1.54) is 7.11 Å². The average molecular weight is 274 g/mol. The van der Waals surface area contributed by atoms with Gasteiger partial charge in [0.1, 0.15) is 0 Å². The van der Waals surface area contributed by atoms with Crippen molar-refractivity contribution in [2.75, 3.05) is 20.8 Å². The molecule has 1 aromatic rings. The van der Waals surface area contributed by atoms with Crippen molar-refractivity contribution < 1.29 is 14.6 Å². The van der Waals surface area contributed by atoms with Crippen LogP contribution in [0.5, 0.6) is 11.5 Å². The summed E-state index contributed by atoms with van der Waals surface area (Å²) in [5.74, 6) is 1.19. The van der Waals surface area contributed by atoms with E-state index in [2.05, 4.69) is 0 Å². The lowest BCUT2D eigenvalue weighted by atomic mass is 9.96. The summed E-state index contributed by atoms with van der Waals surface area (Å²) >= 11 is 6.34. The summed E-state index contributed by atoms with van der Waals surface area (Å²) in [6.07, 6.45) is -0.875. The molecule has 0 radical (unpaired) electrons. The van der Waals surface area contributed by atoms with Crippen molar-refractivity contribution in [3.8, 4) is 11.5 Å². The van der Waals surface area contributed by atoms with Crippen molar-refractivity contribution in [3.05, 3.63) is 22.2 Å². The number of nitrogens with two attached hydrogens (primary N) is 1. The Labute approximate surface area is 113 Å². The molecule has 4 nitrogen and oxygen atoms in total. The molecule has 0 heterocycles. The van der Waals surface area contributed by atoms with E-state index in [4.69, 9.17) is 26.8 Å². The van der Waals surface area contributed by atoms with Gasteiger partial charge in [-0.25, -0.2) is 0 Å². The van der Waals surface area contributed by atoms with Gasteiger partial charge in [0.25, 0.3) is 0 Å². The molecule has 5 heteroatoms. The van der Waals surface area contributed by atoms with Crippen LogP contribution in [0.1, 0.15) is 37.0 Å². The summed E-state index contributed by atoms with van der Waals surface area (Å²) in [5, 5.41) is 10.5. The van der Waals surface area contributed by atoms with Crippen LogP contribution in [0.15, 0.2) is 6.07 Å². The lowest BCUT2D eigenvalue weighted by molar-refractivity contribution is 0.181. The molecule has 0 saturated carbocycles. The van der Waals surface area contributed by atoms with Gasteiger partial charge in [0.15, 0.2) is 11.5 Å². The number of aliphatic hydroxyl groups is 1. The zero-order valence-electron chi connectivity index (χ0n) is 11.2. The Hall–Kier alpha value is -0.970. The molecule has 0 fully saturated rings. The predicted molar refractivity (Wildman–Crippen MR) is 72.7 cm³/mol. The van der Waals surface area contributed by atoms with Crippen molar-refractivity contribution in [2.45, 2.75) is 25.9 Å².